The van der Waals surface area contributed by atoms with Crippen LogP contribution in [0.5, 0.6) is 5.75 Å². The normalized spacial score (nSPS) is 11.5. The first-order valence-corrected chi connectivity index (χ1v) is 14.7. The van der Waals surface area contributed by atoms with Gasteiger partial charge in [0.2, 0.25) is 0 Å². The Morgan fingerprint density at radius 3 is 2.58 bits per heavy atom. The number of ether oxygens (including phenoxy) is 2. The molecule has 0 amide bonds. The Hall–Kier alpha value is -3.30. The molecule has 2 heterocycles. The molecule has 0 atom stereocenters. The number of carbonyl (C=O) groups is 1. The summed E-state index contributed by atoms with van der Waals surface area (Å²) in [6.45, 7) is 9.75. The Morgan fingerprint density at radius 2 is 1.89 bits per heavy atom. The zero-order valence-corrected chi connectivity index (χ0v) is 22.5. The molecule has 0 fully saturated rings. The van der Waals surface area contributed by atoms with Crippen LogP contribution in [0.3, 0.4) is 0 Å². The lowest BCUT2D eigenvalue weighted by molar-refractivity contribution is 0.0762. The summed E-state index contributed by atoms with van der Waals surface area (Å²) in [6, 6.07) is 11.2. The number of aryl methyl sites for hydroxylation is 2. The van der Waals surface area contributed by atoms with Gasteiger partial charge in [0.05, 0.1) is 17.8 Å². The summed E-state index contributed by atoms with van der Waals surface area (Å²) in [4.78, 5) is 11.9. The van der Waals surface area contributed by atoms with Crippen LogP contribution in [0.25, 0.3) is 22.0 Å². The molecule has 0 saturated heterocycles. The Bertz CT molecular complexity index is 1380. The highest BCUT2D eigenvalue weighted by Crippen LogP contribution is 2.33. The zero-order valence-electron chi connectivity index (χ0n) is 21.5. The van der Waals surface area contributed by atoms with E-state index in [0.717, 1.165) is 45.8 Å². The summed E-state index contributed by atoms with van der Waals surface area (Å²) in [5.41, 5.74) is 5.92. The van der Waals surface area contributed by atoms with Crippen LogP contribution < -0.4 is 4.74 Å². The first-order valence-electron chi connectivity index (χ1n) is 12.0. The largest absolute Gasteiger partial charge is 0.492 e. The van der Waals surface area contributed by atoms with Crippen molar-refractivity contribution in [1.82, 2.24) is 19.6 Å². The number of hydrogen-bond acceptors (Lipinski definition) is 5. The van der Waals surface area contributed by atoms with Crippen LogP contribution in [-0.4, -0.2) is 47.9 Å². The molecule has 9 heteroatoms. The molecule has 2 aromatic heterocycles. The second-order valence-electron chi connectivity index (χ2n) is 9.24. The van der Waals surface area contributed by atoms with Crippen molar-refractivity contribution < 1.29 is 18.7 Å². The van der Waals surface area contributed by atoms with Crippen LogP contribution in [0.2, 0.25) is 19.1 Å². The average molecular weight is 508 g/mol. The number of carbonyl (C=O) groups excluding carboxylic acids is 1. The van der Waals surface area contributed by atoms with Crippen molar-refractivity contribution >= 4 is 26.0 Å². The molecule has 0 spiro atoms. The van der Waals surface area contributed by atoms with E-state index in [-0.39, 0.29) is 21.3 Å². The quantitative estimate of drug-likeness (QED) is 0.155. The van der Waals surface area contributed by atoms with Gasteiger partial charge in [0.25, 0.3) is 0 Å². The first kappa shape index (κ1) is 25.8. The fourth-order valence-electron chi connectivity index (χ4n) is 4.27. The van der Waals surface area contributed by atoms with Crippen molar-refractivity contribution in [1.29, 1.82) is 0 Å². The van der Waals surface area contributed by atoms with E-state index in [2.05, 4.69) is 23.3 Å². The maximum Gasteiger partial charge on any atom is 0.168 e. The van der Waals surface area contributed by atoms with Crippen molar-refractivity contribution in [3.8, 4) is 16.9 Å². The van der Waals surface area contributed by atoms with Gasteiger partial charge in [0.1, 0.15) is 24.0 Å². The zero-order chi connectivity index (χ0) is 25.8. The predicted molar refractivity (Wildman–Crippen MR) is 141 cm³/mol. The van der Waals surface area contributed by atoms with E-state index >= 15 is 0 Å². The predicted octanol–water partition coefficient (Wildman–Crippen LogP) is 5.36. The van der Waals surface area contributed by atoms with Crippen molar-refractivity contribution in [2.24, 2.45) is 7.05 Å². The molecule has 0 unspecified atom stereocenters. The van der Waals surface area contributed by atoms with Crippen LogP contribution in [-0.2, 0) is 24.9 Å². The highest BCUT2D eigenvalue weighted by Gasteiger charge is 2.15. The number of fused-ring (bicyclic) bond motifs is 1. The summed E-state index contributed by atoms with van der Waals surface area (Å²) in [5, 5.41) is 9.71. The number of rotatable bonds is 11. The lowest BCUT2D eigenvalue weighted by Gasteiger charge is -2.12. The fourth-order valence-corrected chi connectivity index (χ4v) is 4.82. The third-order valence-corrected chi connectivity index (χ3v) is 7.58. The Balaban J connectivity index is 1.58. The minimum absolute atomic E-state index is 0.227. The summed E-state index contributed by atoms with van der Waals surface area (Å²) in [6.07, 6.45) is 1.47. The average Bonchev–Trinajstić information content (AvgIpc) is 3.31. The van der Waals surface area contributed by atoms with Gasteiger partial charge in [0.15, 0.2) is 6.29 Å². The third kappa shape index (κ3) is 5.57. The van der Waals surface area contributed by atoms with Gasteiger partial charge in [0, 0.05) is 51.6 Å². The summed E-state index contributed by atoms with van der Waals surface area (Å²) < 4.78 is 29.4. The molecule has 0 aliphatic carbocycles. The van der Waals surface area contributed by atoms with Crippen molar-refractivity contribution in [3.05, 3.63) is 64.9 Å². The minimum Gasteiger partial charge on any atom is -0.492 e. The van der Waals surface area contributed by atoms with Crippen LogP contribution in [0.15, 0.2) is 36.4 Å². The molecule has 36 heavy (non-hydrogen) atoms. The lowest BCUT2D eigenvalue weighted by Crippen LogP contribution is -2.11. The summed E-state index contributed by atoms with van der Waals surface area (Å²) in [7, 11) is 1.55. The van der Waals surface area contributed by atoms with E-state index in [1.165, 1.54) is 12.1 Å². The van der Waals surface area contributed by atoms with Gasteiger partial charge in [-0.1, -0.05) is 19.2 Å². The smallest absolute Gasteiger partial charge is 0.168 e. The third-order valence-electron chi connectivity index (χ3n) is 6.37. The first-order chi connectivity index (χ1) is 17.3. The Labute approximate surface area is 212 Å². The number of aldehydes is 1. The van der Waals surface area contributed by atoms with E-state index in [1.807, 2.05) is 43.8 Å². The molecular weight excluding hydrogens is 475 g/mol. The highest BCUT2D eigenvalue weighted by atomic mass is 28.3. The van der Waals surface area contributed by atoms with E-state index < -0.39 is 0 Å². The maximum atomic E-state index is 14.2. The van der Waals surface area contributed by atoms with E-state index in [4.69, 9.17) is 9.47 Å². The fraction of sp³-hybridized carbons (Fsp3) is 0.370. The molecule has 0 N–H and O–H groups in total. The monoisotopic (exact) mass is 507 g/mol. The molecular formula is C27H32FN4O3Si. The SMILES string of the molecule is Cc1nn(C)c(C)c1CCOc1cc(F)ccc1-c1ccc2nn(COCC[Si](C)C)c(C=O)c2c1. The number of benzene rings is 2. The van der Waals surface area contributed by atoms with Gasteiger partial charge in [-0.15, -0.1) is 0 Å². The van der Waals surface area contributed by atoms with Crippen molar-refractivity contribution in [2.45, 2.75) is 46.1 Å². The van der Waals surface area contributed by atoms with Crippen molar-refractivity contribution in [2.75, 3.05) is 13.2 Å². The van der Waals surface area contributed by atoms with Crippen LogP contribution in [0.4, 0.5) is 4.39 Å². The molecule has 7 nitrogen and oxygen atoms in total. The molecule has 1 radical (unpaired) electrons. The summed E-state index contributed by atoms with van der Waals surface area (Å²) >= 11 is 0. The molecule has 0 saturated carbocycles. The Morgan fingerprint density at radius 1 is 1.08 bits per heavy atom. The van der Waals surface area contributed by atoms with Crippen LogP contribution >= 0.6 is 0 Å². The number of hydrogen-bond donors (Lipinski definition) is 0. The van der Waals surface area contributed by atoms with Gasteiger partial charge in [-0.3, -0.25) is 9.48 Å². The summed E-state index contributed by atoms with van der Waals surface area (Å²) in [5.74, 6) is 0.0828. The molecule has 4 aromatic rings. The molecule has 4 rings (SSSR count). The Kier molecular flexibility index (Phi) is 8.00. The molecule has 2 aromatic carbocycles. The minimum atomic E-state index is -0.370. The topological polar surface area (TPSA) is 71.2 Å². The van der Waals surface area contributed by atoms with E-state index in [0.29, 0.717) is 36.6 Å². The van der Waals surface area contributed by atoms with Crippen molar-refractivity contribution in [3.63, 3.8) is 0 Å². The number of nitrogens with zero attached hydrogens (tertiary/aromatic N) is 4. The molecule has 0 aliphatic rings. The van der Waals surface area contributed by atoms with E-state index in [9.17, 15) is 9.18 Å². The van der Waals surface area contributed by atoms with Crippen LogP contribution in [0, 0.1) is 19.7 Å². The molecule has 189 valence electrons. The van der Waals surface area contributed by atoms with Gasteiger partial charge in [-0.2, -0.15) is 10.2 Å². The number of aromatic nitrogens is 4. The second-order valence-corrected chi connectivity index (χ2v) is 12.2. The second kappa shape index (κ2) is 11.2. The molecule has 0 aliphatic heterocycles. The van der Waals surface area contributed by atoms with Gasteiger partial charge in [-0.25, -0.2) is 9.07 Å². The standard InChI is InChI=1S/C27H32FN4O3Si/c1-18-22(19(2)31(3)29-18)10-11-35-27-15-21(28)7-8-23(27)20-6-9-25-24(14-20)26(16-33)32(30-25)17-34-12-13-36(4)5/h6-9,14-16H,10-13,17H2,1-5H3. The van der Waals surface area contributed by atoms with Gasteiger partial charge >= 0.3 is 0 Å². The lowest BCUT2D eigenvalue weighted by atomic mass is 10.0. The number of halogens is 1. The van der Waals surface area contributed by atoms with Gasteiger partial charge < -0.3 is 9.47 Å². The molecule has 0 bridgehead atoms. The maximum absolute atomic E-state index is 14.2. The van der Waals surface area contributed by atoms with Gasteiger partial charge in [-0.05, 0) is 55.3 Å². The van der Waals surface area contributed by atoms with E-state index in [1.54, 1.807) is 10.7 Å². The van der Waals surface area contributed by atoms with Crippen LogP contribution in [0.1, 0.15) is 27.4 Å². The highest BCUT2D eigenvalue weighted by molar-refractivity contribution is 6.55.